The minimum Gasteiger partial charge on any atom is -0.384 e. The molecule has 0 atom stereocenters. The first-order valence-electron chi connectivity index (χ1n) is 5.49. The van der Waals surface area contributed by atoms with Gasteiger partial charge in [-0.2, -0.15) is 0 Å². The van der Waals surface area contributed by atoms with Crippen molar-refractivity contribution in [2.75, 3.05) is 26.0 Å². The second-order valence-corrected chi connectivity index (χ2v) is 5.60. The van der Waals surface area contributed by atoms with E-state index in [1.165, 1.54) is 7.11 Å². The molecule has 0 unspecified atom stereocenters. The molecule has 0 saturated heterocycles. The van der Waals surface area contributed by atoms with Crippen LogP contribution in [0.2, 0.25) is 0 Å². The summed E-state index contributed by atoms with van der Waals surface area (Å²) in [6.07, 6.45) is 5.09. The topological polar surface area (TPSA) is 68.3 Å². The van der Waals surface area contributed by atoms with Gasteiger partial charge in [-0.25, -0.2) is 13.1 Å². The largest absolute Gasteiger partial charge is 0.384 e. The Hall–Kier alpha value is -0.980. The lowest BCUT2D eigenvalue weighted by Crippen LogP contribution is -2.29. The van der Waals surface area contributed by atoms with Crippen LogP contribution in [0.25, 0.3) is 0 Å². The molecule has 1 aromatic rings. The van der Waals surface area contributed by atoms with E-state index in [4.69, 9.17) is 4.74 Å². The van der Waals surface area contributed by atoms with Crippen LogP contribution >= 0.6 is 0 Å². The molecule has 0 fully saturated rings. The Balaban J connectivity index is 2.20. The first-order chi connectivity index (χ1) is 8.14. The zero-order valence-electron chi connectivity index (χ0n) is 9.93. The van der Waals surface area contributed by atoms with Gasteiger partial charge in [-0.1, -0.05) is 6.07 Å². The normalized spacial score (nSPS) is 11.6. The summed E-state index contributed by atoms with van der Waals surface area (Å²) in [7, 11) is -1.70. The number of ether oxygens (including phenoxy) is 1. The van der Waals surface area contributed by atoms with Crippen molar-refractivity contribution >= 4 is 10.0 Å². The molecule has 0 aliphatic rings. The number of pyridine rings is 1. The van der Waals surface area contributed by atoms with Gasteiger partial charge in [0.25, 0.3) is 0 Å². The molecule has 0 spiro atoms. The molecule has 0 aromatic carbocycles. The summed E-state index contributed by atoms with van der Waals surface area (Å²) in [5.41, 5.74) is 1.11. The van der Waals surface area contributed by atoms with Crippen LogP contribution < -0.4 is 4.72 Å². The van der Waals surface area contributed by atoms with Gasteiger partial charge >= 0.3 is 0 Å². The number of nitrogens with zero attached hydrogens (tertiary/aromatic N) is 1. The van der Waals surface area contributed by atoms with E-state index in [0.717, 1.165) is 18.4 Å². The standard InChI is InChI=1S/C11H18N2O3S/c1-16-8-9-17(14,15)13-7-3-5-11-4-2-6-12-10-11/h2,4,6,10,13H,3,5,7-9H2,1H3. The van der Waals surface area contributed by atoms with E-state index in [1.54, 1.807) is 12.4 Å². The Labute approximate surface area is 102 Å². The third-order valence-corrected chi connectivity index (χ3v) is 3.59. The molecule has 1 heterocycles. The van der Waals surface area contributed by atoms with Crippen molar-refractivity contribution in [1.29, 1.82) is 0 Å². The lowest BCUT2D eigenvalue weighted by Gasteiger charge is -2.05. The average molecular weight is 258 g/mol. The lowest BCUT2D eigenvalue weighted by atomic mass is 10.2. The zero-order chi connectivity index (χ0) is 12.6. The van der Waals surface area contributed by atoms with Crippen LogP contribution in [0, 0.1) is 0 Å². The minimum atomic E-state index is -3.19. The summed E-state index contributed by atoms with van der Waals surface area (Å²) in [5.74, 6) is 0.0103. The molecular weight excluding hydrogens is 240 g/mol. The van der Waals surface area contributed by atoms with Gasteiger partial charge in [-0.05, 0) is 24.5 Å². The number of hydrogen-bond acceptors (Lipinski definition) is 4. The third-order valence-electron chi connectivity index (χ3n) is 2.24. The predicted molar refractivity (Wildman–Crippen MR) is 66.2 cm³/mol. The molecular formula is C11H18N2O3S. The first kappa shape index (κ1) is 14.1. The number of sulfonamides is 1. The zero-order valence-corrected chi connectivity index (χ0v) is 10.7. The molecule has 17 heavy (non-hydrogen) atoms. The highest BCUT2D eigenvalue weighted by Crippen LogP contribution is 1.99. The van der Waals surface area contributed by atoms with Crippen LogP contribution in [-0.4, -0.2) is 39.4 Å². The SMILES string of the molecule is COCCS(=O)(=O)NCCCc1cccnc1. The van der Waals surface area contributed by atoms with E-state index < -0.39 is 10.0 Å². The Bertz CT molecular complexity index is 406. The number of aryl methyl sites for hydroxylation is 1. The van der Waals surface area contributed by atoms with Crippen molar-refractivity contribution in [3.8, 4) is 0 Å². The smallest absolute Gasteiger partial charge is 0.213 e. The fraction of sp³-hybridized carbons (Fsp3) is 0.545. The average Bonchev–Trinajstić information content (AvgIpc) is 2.34. The van der Waals surface area contributed by atoms with Gasteiger partial charge in [0.15, 0.2) is 0 Å². The summed E-state index contributed by atoms with van der Waals surface area (Å²) in [6.45, 7) is 0.666. The van der Waals surface area contributed by atoms with Gasteiger partial charge in [0, 0.05) is 26.0 Å². The number of rotatable bonds is 8. The molecule has 1 aromatic heterocycles. The molecule has 96 valence electrons. The third kappa shape index (κ3) is 6.35. The molecule has 5 nitrogen and oxygen atoms in total. The summed E-state index contributed by atoms with van der Waals surface area (Å²) in [6, 6.07) is 3.85. The van der Waals surface area contributed by atoms with Crippen molar-refractivity contribution in [1.82, 2.24) is 9.71 Å². The Kier molecular flexibility index (Phi) is 6.10. The van der Waals surface area contributed by atoms with Crippen molar-refractivity contribution in [3.05, 3.63) is 30.1 Å². The van der Waals surface area contributed by atoms with Crippen LogP contribution in [0.15, 0.2) is 24.5 Å². The Morgan fingerprint density at radius 3 is 2.94 bits per heavy atom. The van der Waals surface area contributed by atoms with E-state index in [1.807, 2.05) is 12.1 Å². The maximum absolute atomic E-state index is 11.4. The van der Waals surface area contributed by atoms with E-state index in [9.17, 15) is 8.42 Å². The monoisotopic (exact) mass is 258 g/mol. The number of methoxy groups -OCH3 is 1. The lowest BCUT2D eigenvalue weighted by molar-refractivity contribution is 0.217. The van der Waals surface area contributed by atoms with Crippen LogP contribution in [0.4, 0.5) is 0 Å². The van der Waals surface area contributed by atoms with Crippen LogP contribution in [0.1, 0.15) is 12.0 Å². The molecule has 0 radical (unpaired) electrons. The number of hydrogen-bond donors (Lipinski definition) is 1. The van der Waals surface area contributed by atoms with Crippen molar-refractivity contribution < 1.29 is 13.2 Å². The predicted octanol–water partition coefficient (Wildman–Crippen LogP) is 0.580. The quantitative estimate of drug-likeness (QED) is 0.693. The van der Waals surface area contributed by atoms with Crippen molar-refractivity contribution in [2.24, 2.45) is 0 Å². The Morgan fingerprint density at radius 2 is 2.29 bits per heavy atom. The summed E-state index contributed by atoms with van der Waals surface area (Å²) < 4.78 is 30.1. The molecule has 0 bridgehead atoms. The van der Waals surface area contributed by atoms with Crippen LogP contribution in [0.3, 0.4) is 0 Å². The molecule has 6 heteroatoms. The maximum atomic E-state index is 11.4. The summed E-state index contributed by atoms with van der Waals surface area (Å²) in [4.78, 5) is 4.00. The molecule has 0 aliphatic carbocycles. The van der Waals surface area contributed by atoms with Gasteiger partial charge in [0.1, 0.15) is 0 Å². The van der Waals surface area contributed by atoms with Gasteiger partial charge in [-0.3, -0.25) is 4.98 Å². The minimum absolute atomic E-state index is 0.0103. The van der Waals surface area contributed by atoms with E-state index in [-0.39, 0.29) is 12.4 Å². The maximum Gasteiger partial charge on any atom is 0.213 e. The fourth-order valence-corrected chi connectivity index (χ4v) is 2.32. The van der Waals surface area contributed by atoms with Gasteiger partial charge in [0.2, 0.25) is 10.0 Å². The molecule has 0 saturated carbocycles. The molecule has 0 amide bonds. The fourth-order valence-electron chi connectivity index (χ4n) is 1.33. The highest BCUT2D eigenvalue weighted by molar-refractivity contribution is 7.89. The van der Waals surface area contributed by atoms with E-state index in [0.29, 0.717) is 6.54 Å². The molecule has 0 aliphatic heterocycles. The summed E-state index contributed by atoms with van der Waals surface area (Å²) >= 11 is 0. The Morgan fingerprint density at radius 1 is 1.47 bits per heavy atom. The van der Waals surface area contributed by atoms with Gasteiger partial charge < -0.3 is 4.74 Å². The second kappa shape index (κ2) is 7.37. The number of nitrogens with one attached hydrogen (secondary N) is 1. The van der Waals surface area contributed by atoms with Crippen LogP contribution in [0.5, 0.6) is 0 Å². The van der Waals surface area contributed by atoms with Gasteiger partial charge in [0.05, 0.1) is 12.4 Å². The summed E-state index contributed by atoms with van der Waals surface area (Å²) in [5, 5.41) is 0. The van der Waals surface area contributed by atoms with Crippen molar-refractivity contribution in [3.63, 3.8) is 0 Å². The first-order valence-corrected chi connectivity index (χ1v) is 7.14. The number of aromatic nitrogens is 1. The van der Waals surface area contributed by atoms with E-state index in [2.05, 4.69) is 9.71 Å². The van der Waals surface area contributed by atoms with Gasteiger partial charge in [-0.15, -0.1) is 0 Å². The van der Waals surface area contributed by atoms with E-state index >= 15 is 0 Å². The van der Waals surface area contributed by atoms with Crippen molar-refractivity contribution in [2.45, 2.75) is 12.8 Å². The highest BCUT2D eigenvalue weighted by atomic mass is 32.2. The van der Waals surface area contributed by atoms with Crippen LogP contribution in [-0.2, 0) is 21.2 Å². The highest BCUT2D eigenvalue weighted by Gasteiger charge is 2.08. The second-order valence-electron chi connectivity index (χ2n) is 3.67. The molecule has 1 rings (SSSR count). The molecule has 1 N–H and O–H groups in total.